The Morgan fingerprint density at radius 1 is 1.54 bits per heavy atom. The topological polar surface area (TPSA) is 54.9 Å². The van der Waals surface area contributed by atoms with E-state index in [2.05, 4.69) is 31.2 Å². The Kier molecular flexibility index (Phi) is 2.26. The first-order valence-corrected chi connectivity index (χ1v) is 4.83. The van der Waals surface area contributed by atoms with Crippen molar-refractivity contribution in [3.8, 4) is 0 Å². The van der Waals surface area contributed by atoms with Crippen LogP contribution in [0.3, 0.4) is 0 Å². The van der Waals surface area contributed by atoms with Gasteiger partial charge in [0.25, 0.3) is 0 Å². The van der Waals surface area contributed by atoms with Gasteiger partial charge in [-0.1, -0.05) is 0 Å². The minimum atomic E-state index is 0.0607. The lowest BCUT2D eigenvalue weighted by molar-refractivity contribution is -0.117. The van der Waals surface area contributed by atoms with Gasteiger partial charge in [0.05, 0.1) is 0 Å². The van der Waals surface area contributed by atoms with Crippen LogP contribution in [-0.2, 0) is 4.79 Å². The van der Waals surface area contributed by atoms with E-state index in [4.69, 9.17) is 0 Å². The molecule has 0 spiro atoms. The molecular weight excluding hydrogens is 234 g/mol. The average Bonchev–Trinajstić information content (AvgIpc) is 2.85. The number of hydrogen-bond donors (Lipinski definition) is 1. The molecule has 5 heteroatoms. The number of hydrogen-bond acceptors (Lipinski definition) is 3. The molecular formula is C8H8BrN3O. The van der Waals surface area contributed by atoms with Crippen molar-refractivity contribution >= 4 is 27.7 Å². The maximum atomic E-state index is 11.3. The first kappa shape index (κ1) is 8.62. The summed E-state index contributed by atoms with van der Waals surface area (Å²) < 4.78 is 0.675. The Morgan fingerprint density at radius 3 is 2.92 bits per heavy atom. The monoisotopic (exact) mass is 241 g/mol. The molecule has 1 amide bonds. The van der Waals surface area contributed by atoms with E-state index in [-0.39, 0.29) is 11.8 Å². The summed E-state index contributed by atoms with van der Waals surface area (Å²) in [5.41, 5.74) is 0. The molecule has 0 aromatic carbocycles. The number of anilines is 1. The summed E-state index contributed by atoms with van der Waals surface area (Å²) in [6.45, 7) is 0. The Labute approximate surface area is 83.9 Å². The highest BCUT2D eigenvalue weighted by Crippen LogP contribution is 2.29. The zero-order valence-electron chi connectivity index (χ0n) is 6.83. The van der Waals surface area contributed by atoms with E-state index in [9.17, 15) is 4.79 Å². The molecule has 1 aliphatic rings. The molecule has 2 rings (SSSR count). The summed E-state index contributed by atoms with van der Waals surface area (Å²) in [5, 5.41) is 2.72. The fraction of sp³-hybridized carbons (Fsp3) is 0.375. The van der Waals surface area contributed by atoms with Crippen molar-refractivity contribution < 1.29 is 4.79 Å². The summed E-state index contributed by atoms with van der Waals surface area (Å²) in [4.78, 5) is 19.1. The third-order valence-corrected chi connectivity index (χ3v) is 2.27. The second-order valence-electron chi connectivity index (χ2n) is 2.99. The van der Waals surface area contributed by atoms with Crippen molar-refractivity contribution in [1.29, 1.82) is 0 Å². The molecule has 0 bridgehead atoms. The summed E-state index contributed by atoms with van der Waals surface area (Å²) >= 11 is 3.20. The zero-order chi connectivity index (χ0) is 9.26. The lowest BCUT2D eigenvalue weighted by Gasteiger charge is -2.01. The summed E-state index contributed by atoms with van der Waals surface area (Å²) in [5.74, 6) is 0.818. The van der Waals surface area contributed by atoms with E-state index in [1.807, 2.05) is 0 Å². The zero-order valence-corrected chi connectivity index (χ0v) is 8.41. The number of aromatic nitrogens is 2. The van der Waals surface area contributed by atoms with Crippen LogP contribution < -0.4 is 5.32 Å². The highest BCUT2D eigenvalue weighted by Gasteiger charge is 2.29. The summed E-state index contributed by atoms with van der Waals surface area (Å²) in [6, 6.07) is 1.68. The maximum absolute atomic E-state index is 11.3. The Balaban J connectivity index is 2.04. The van der Waals surface area contributed by atoms with Crippen LogP contribution >= 0.6 is 15.9 Å². The van der Waals surface area contributed by atoms with Crippen LogP contribution in [0, 0.1) is 5.92 Å². The number of rotatable bonds is 2. The summed E-state index contributed by atoms with van der Waals surface area (Å²) in [7, 11) is 0. The minimum Gasteiger partial charge on any atom is -0.310 e. The fourth-order valence-corrected chi connectivity index (χ4v) is 1.28. The minimum absolute atomic E-state index is 0.0607. The van der Waals surface area contributed by atoms with E-state index in [1.54, 1.807) is 6.07 Å². The van der Waals surface area contributed by atoms with Crippen molar-refractivity contribution in [2.45, 2.75) is 12.8 Å². The molecule has 1 aliphatic carbocycles. The molecule has 13 heavy (non-hydrogen) atoms. The summed E-state index contributed by atoms with van der Waals surface area (Å²) in [6.07, 6.45) is 3.41. The van der Waals surface area contributed by atoms with Gasteiger partial charge < -0.3 is 5.32 Å². The van der Waals surface area contributed by atoms with Gasteiger partial charge in [-0.3, -0.25) is 4.79 Å². The van der Waals surface area contributed by atoms with Gasteiger partial charge in [-0.2, -0.15) is 0 Å². The first-order chi connectivity index (χ1) is 6.25. The molecule has 0 radical (unpaired) electrons. The number of carbonyl (C=O) groups is 1. The van der Waals surface area contributed by atoms with Crippen molar-refractivity contribution in [3.05, 3.63) is 17.0 Å². The van der Waals surface area contributed by atoms with E-state index in [0.29, 0.717) is 10.4 Å². The van der Waals surface area contributed by atoms with Gasteiger partial charge in [-0.15, -0.1) is 0 Å². The molecule has 0 atom stereocenters. The smallest absolute Gasteiger partial charge is 0.228 e. The number of nitrogens with one attached hydrogen (secondary N) is 1. The molecule has 1 aromatic rings. The molecule has 0 unspecified atom stereocenters. The molecule has 1 N–H and O–H groups in total. The van der Waals surface area contributed by atoms with Crippen LogP contribution in [0.15, 0.2) is 17.0 Å². The highest BCUT2D eigenvalue weighted by atomic mass is 79.9. The molecule has 1 aromatic heterocycles. The SMILES string of the molecule is O=C(Nc1cc(Br)ncn1)C1CC1. The van der Waals surface area contributed by atoms with Crippen LogP contribution in [0.2, 0.25) is 0 Å². The van der Waals surface area contributed by atoms with E-state index in [1.165, 1.54) is 6.33 Å². The number of amides is 1. The van der Waals surface area contributed by atoms with Crippen molar-refractivity contribution in [3.63, 3.8) is 0 Å². The average molecular weight is 242 g/mol. The molecule has 1 fully saturated rings. The van der Waals surface area contributed by atoms with Crippen LogP contribution in [0.25, 0.3) is 0 Å². The maximum Gasteiger partial charge on any atom is 0.228 e. The Hall–Kier alpha value is -0.970. The van der Waals surface area contributed by atoms with Gasteiger partial charge in [0.1, 0.15) is 16.7 Å². The van der Waals surface area contributed by atoms with Gasteiger partial charge in [0.15, 0.2) is 0 Å². The van der Waals surface area contributed by atoms with E-state index in [0.717, 1.165) is 12.8 Å². The van der Waals surface area contributed by atoms with E-state index < -0.39 is 0 Å². The van der Waals surface area contributed by atoms with Crippen molar-refractivity contribution in [2.75, 3.05) is 5.32 Å². The largest absolute Gasteiger partial charge is 0.310 e. The van der Waals surface area contributed by atoms with Gasteiger partial charge in [-0.25, -0.2) is 9.97 Å². The van der Waals surface area contributed by atoms with Crippen molar-refractivity contribution in [2.24, 2.45) is 5.92 Å². The second kappa shape index (κ2) is 3.41. The van der Waals surface area contributed by atoms with Crippen molar-refractivity contribution in [1.82, 2.24) is 9.97 Å². The Morgan fingerprint density at radius 2 is 2.31 bits per heavy atom. The highest BCUT2D eigenvalue weighted by molar-refractivity contribution is 9.10. The van der Waals surface area contributed by atoms with Crippen LogP contribution in [0.4, 0.5) is 5.82 Å². The molecule has 4 nitrogen and oxygen atoms in total. The van der Waals surface area contributed by atoms with E-state index >= 15 is 0 Å². The molecule has 68 valence electrons. The molecule has 1 heterocycles. The Bertz CT molecular complexity index is 338. The van der Waals surface area contributed by atoms with Gasteiger partial charge in [0, 0.05) is 12.0 Å². The second-order valence-corrected chi connectivity index (χ2v) is 3.80. The van der Waals surface area contributed by atoms with Crippen LogP contribution in [0.5, 0.6) is 0 Å². The predicted octanol–water partition coefficient (Wildman–Crippen LogP) is 1.59. The normalized spacial score (nSPS) is 15.5. The van der Waals surface area contributed by atoms with Gasteiger partial charge in [-0.05, 0) is 28.8 Å². The first-order valence-electron chi connectivity index (χ1n) is 4.04. The van der Waals surface area contributed by atoms with Crippen LogP contribution in [-0.4, -0.2) is 15.9 Å². The van der Waals surface area contributed by atoms with Gasteiger partial charge >= 0.3 is 0 Å². The molecule has 1 saturated carbocycles. The molecule has 0 saturated heterocycles. The lowest BCUT2D eigenvalue weighted by atomic mass is 10.4. The predicted molar refractivity (Wildman–Crippen MR) is 51.1 cm³/mol. The third kappa shape index (κ3) is 2.24. The third-order valence-electron chi connectivity index (χ3n) is 1.83. The lowest BCUT2D eigenvalue weighted by Crippen LogP contribution is -2.14. The number of halogens is 1. The fourth-order valence-electron chi connectivity index (χ4n) is 0.976. The quantitative estimate of drug-likeness (QED) is 0.801. The van der Waals surface area contributed by atoms with Gasteiger partial charge in [0.2, 0.25) is 5.91 Å². The number of carbonyl (C=O) groups excluding carboxylic acids is 1. The molecule has 0 aliphatic heterocycles. The standard InChI is InChI=1S/C8H8BrN3O/c9-6-3-7(11-4-10-6)12-8(13)5-1-2-5/h3-5H,1-2H2,(H,10,11,12,13). The number of nitrogens with zero attached hydrogens (tertiary/aromatic N) is 2. The van der Waals surface area contributed by atoms with Crippen LogP contribution in [0.1, 0.15) is 12.8 Å².